The maximum absolute atomic E-state index is 6.27. The summed E-state index contributed by atoms with van der Waals surface area (Å²) in [5.41, 5.74) is 2.94. The maximum Gasteiger partial charge on any atom is 0.122 e. The van der Waals surface area contributed by atoms with Crippen molar-refractivity contribution >= 4 is 34.2 Å². The van der Waals surface area contributed by atoms with Crippen LogP contribution in [-0.2, 0) is 12.3 Å². The number of nitrogens with zero attached hydrogens (tertiary/aromatic N) is 1. The molecule has 0 saturated heterocycles. The summed E-state index contributed by atoms with van der Waals surface area (Å²) in [7, 11) is 0. The zero-order chi connectivity index (χ0) is 10.8. The largest absolute Gasteiger partial charge is 0.341 e. The molecular formula is C11H12Cl2N2. The molecule has 0 aliphatic rings. The van der Waals surface area contributed by atoms with Crippen LogP contribution in [-0.4, -0.2) is 9.97 Å². The Kier molecular flexibility index (Phi) is 3.17. The fourth-order valence-corrected chi connectivity index (χ4v) is 2.09. The van der Waals surface area contributed by atoms with Gasteiger partial charge in [0.1, 0.15) is 11.3 Å². The summed E-state index contributed by atoms with van der Waals surface area (Å²) >= 11 is 12.0. The number of fused-ring (bicyclic) bond motifs is 1. The van der Waals surface area contributed by atoms with E-state index in [0.717, 1.165) is 40.3 Å². The van der Waals surface area contributed by atoms with Crippen LogP contribution in [0.2, 0.25) is 5.02 Å². The SMILES string of the molecule is CCCc1ccc2[nH]c(CCl)nc2c1Cl. The molecule has 4 heteroatoms. The molecule has 0 aliphatic carbocycles. The molecule has 0 fully saturated rings. The number of aromatic nitrogens is 2. The number of hydrogen-bond acceptors (Lipinski definition) is 1. The zero-order valence-electron chi connectivity index (χ0n) is 8.48. The molecule has 0 radical (unpaired) electrons. The van der Waals surface area contributed by atoms with E-state index in [1.54, 1.807) is 0 Å². The number of rotatable bonds is 3. The first kappa shape index (κ1) is 10.8. The summed E-state index contributed by atoms with van der Waals surface area (Å²) in [6.07, 6.45) is 2.07. The summed E-state index contributed by atoms with van der Waals surface area (Å²) in [5.74, 6) is 1.15. The molecule has 0 bridgehead atoms. The molecule has 0 aliphatic heterocycles. The molecule has 1 aromatic heterocycles. The van der Waals surface area contributed by atoms with Crippen molar-refractivity contribution in [2.75, 3.05) is 0 Å². The molecule has 0 spiro atoms. The van der Waals surface area contributed by atoms with E-state index in [4.69, 9.17) is 23.2 Å². The highest BCUT2D eigenvalue weighted by Gasteiger charge is 2.09. The minimum Gasteiger partial charge on any atom is -0.341 e. The molecule has 2 rings (SSSR count). The summed E-state index contributed by atoms with van der Waals surface area (Å²) in [5, 5.41) is 0.752. The van der Waals surface area contributed by atoms with E-state index in [9.17, 15) is 0 Å². The molecule has 1 heterocycles. The van der Waals surface area contributed by atoms with Gasteiger partial charge in [-0.15, -0.1) is 11.6 Å². The van der Waals surface area contributed by atoms with Crippen LogP contribution >= 0.6 is 23.2 Å². The second-order valence-corrected chi connectivity index (χ2v) is 4.15. The van der Waals surface area contributed by atoms with E-state index < -0.39 is 0 Å². The molecule has 0 atom stereocenters. The number of nitrogens with one attached hydrogen (secondary N) is 1. The first-order chi connectivity index (χ1) is 7.26. The molecule has 2 nitrogen and oxygen atoms in total. The van der Waals surface area contributed by atoms with Gasteiger partial charge in [-0.25, -0.2) is 4.98 Å². The van der Waals surface area contributed by atoms with Crippen molar-refractivity contribution in [3.63, 3.8) is 0 Å². The third-order valence-electron chi connectivity index (χ3n) is 2.37. The number of hydrogen-bond donors (Lipinski definition) is 1. The highest BCUT2D eigenvalue weighted by molar-refractivity contribution is 6.35. The van der Waals surface area contributed by atoms with E-state index in [1.165, 1.54) is 0 Å². The Balaban J connectivity index is 2.56. The van der Waals surface area contributed by atoms with Gasteiger partial charge in [0.15, 0.2) is 0 Å². The lowest BCUT2D eigenvalue weighted by atomic mass is 10.1. The van der Waals surface area contributed by atoms with Gasteiger partial charge in [0.2, 0.25) is 0 Å². The minimum absolute atomic E-state index is 0.383. The Labute approximate surface area is 98.6 Å². The van der Waals surface area contributed by atoms with E-state index in [2.05, 4.69) is 16.9 Å². The number of aromatic amines is 1. The van der Waals surface area contributed by atoms with E-state index in [1.807, 2.05) is 12.1 Å². The molecule has 2 aromatic rings. The maximum atomic E-state index is 6.27. The van der Waals surface area contributed by atoms with Gasteiger partial charge in [-0.2, -0.15) is 0 Å². The van der Waals surface area contributed by atoms with Crippen molar-refractivity contribution in [3.05, 3.63) is 28.5 Å². The molecule has 1 aromatic carbocycles. The number of H-pyrrole nitrogens is 1. The van der Waals surface area contributed by atoms with Crippen molar-refractivity contribution in [1.29, 1.82) is 0 Å². The van der Waals surface area contributed by atoms with Crippen molar-refractivity contribution in [2.45, 2.75) is 25.6 Å². The van der Waals surface area contributed by atoms with Gasteiger partial charge in [-0.05, 0) is 18.1 Å². The van der Waals surface area contributed by atoms with E-state index in [0.29, 0.717) is 5.88 Å². The lowest BCUT2D eigenvalue weighted by molar-refractivity contribution is 0.923. The van der Waals surface area contributed by atoms with Crippen molar-refractivity contribution in [2.24, 2.45) is 0 Å². The number of aryl methyl sites for hydroxylation is 1. The minimum atomic E-state index is 0.383. The van der Waals surface area contributed by atoms with E-state index in [-0.39, 0.29) is 0 Å². The van der Waals surface area contributed by atoms with Crippen molar-refractivity contribution in [1.82, 2.24) is 9.97 Å². The van der Waals surface area contributed by atoms with Crippen LogP contribution in [0.4, 0.5) is 0 Å². The number of alkyl halides is 1. The Morgan fingerprint density at radius 3 is 2.87 bits per heavy atom. The van der Waals surface area contributed by atoms with Crippen molar-refractivity contribution in [3.8, 4) is 0 Å². The highest BCUT2D eigenvalue weighted by Crippen LogP contribution is 2.26. The average Bonchev–Trinajstić information content (AvgIpc) is 2.66. The number of benzene rings is 1. The third-order valence-corrected chi connectivity index (χ3v) is 3.04. The van der Waals surface area contributed by atoms with Gasteiger partial charge in [0.25, 0.3) is 0 Å². The average molecular weight is 243 g/mol. The fourth-order valence-electron chi connectivity index (χ4n) is 1.66. The zero-order valence-corrected chi connectivity index (χ0v) is 9.99. The summed E-state index contributed by atoms with van der Waals surface area (Å²) in [6, 6.07) is 4.06. The molecule has 80 valence electrons. The molecular weight excluding hydrogens is 231 g/mol. The highest BCUT2D eigenvalue weighted by atomic mass is 35.5. The Morgan fingerprint density at radius 1 is 1.40 bits per heavy atom. The summed E-state index contributed by atoms with van der Waals surface area (Å²) < 4.78 is 0. The van der Waals surface area contributed by atoms with Gasteiger partial charge in [-0.1, -0.05) is 31.0 Å². The predicted octanol–water partition coefficient (Wildman–Crippen LogP) is 3.91. The van der Waals surface area contributed by atoms with Crippen LogP contribution in [0.1, 0.15) is 24.7 Å². The quantitative estimate of drug-likeness (QED) is 0.813. The topological polar surface area (TPSA) is 28.7 Å². The first-order valence-electron chi connectivity index (χ1n) is 4.98. The Bertz CT molecular complexity index is 477. The first-order valence-corrected chi connectivity index (χ1v) is 5.89. The van der Waals surface area contributed by atoms with Gasteiger partial charge in [0.05, 0.1) is 16.4 Å². The van der Waals surface area contributed by atoms with E-state index >= 15 is 0 Å². The number of halogens is 2. The Hall–Kier alpha value is -0.730. The molecule has 0 amide bonds. The van der Waals surface area contributed by atoms with Crippen LogP contribution < -0.4 is 0 Å². The van der Waals surface area contributed by atoms with Crippen LogP contribution in [0.5, 0.6) is 0 Å². The van der Waals surface area contributed by atoms with Crippen LogP contribution in [0.15, 0.2) is 12.1 Å². The molecule has 0 saturated carbocycles. The van der Waals surface area contributed by atoms with Gasteiger partial charge in [-0.3, -0.25) is 0 Å². The van der Waals surface area contributed by atoms with Gasteiger partial charge < -0.3 is 4.98 Å². The van der Waals surface area contributed by atoms with Crippen LogP contribution in [0.3, 0.4) is 0 Å². The molecule has 0 unspecified atom stereocenters. The summed E-state index contributed by atoms with van der Waals surface area (Å²) in [6.45, 7) is 2.13. The monoisotopic (exact) mass is 242 g/mol. The normalized spacial score (nSPS) is 11.1. The lowest BCUT2D eigenvalue weighted by Crippen LogP contribution is -1.85. The fraction of sp³-hybridized carbons (Fsp3) is 0.364. The van der Waals surface area contributed by atoms with Gasteiger partial charge >= 0.3 is 0 Å². The predicted molar refractivity (Wildman–Crippen MR) is 64.7 cm³/mol. The molecule has 1 N–H and O–H groups in total. The smallest absolute Gasteiger partial charge is 0.122 e. The number of imidazole rings is 1. The standard InChI is InChI=1S/C11H12Cl2N2/c1-2-3-7-4-5-8-11(10(7)13)15-9(6-12)14-8/h4-5H,2-3,6H2,1H3,(H,14,15). The molecule has 15 heavy (non-hydrogen) atoms. The third kappa shape index (κ3) is 1.97. The van der Waals surface area contributed by atoms with Crippen molar-refractivity contribution < 1.29 is 0 Å². The van der Waals surface area contributed by atoms with Gasteiger partial charge in [0, 0.05) is 0 Å². The second kappa shape index (κ2) is 4.42. The lowest BCUT2D eigenvalue weighted by Gasteiger charge is -2.01. The second-order valence-electron chi connectivity index (χ2n) is 3.50. The Morgan fingerprint density at radius 2 is 2.20 bits per heavy atom. The van der Waals surface area contributed by atoms with Crippen LogP contribution in [0.25, 0.3) is 11.0 Å². The summed E-state index contributed by atoms with van der Waals surface area (Å²) in [4.78, 5) is 7.48. The van der Waals surface area contributed by atoms with Crippen LogP contribution in [0, 0.1) is 0 Å².